The molecule has 0 saturated carbocycles. The lowest BCUT2D eigenvalue weighted by Gasteiger charge is -2.41. The van der Waals surface area contributed by atoms with Crippen LogP contribution >= 0.6 is 0 Å². The lowest BCUT2D eigenvalue weighted by molar-refractivity contribution is 0.0190. The number of benzene rings is 1. The van der Waals surface area contributed by atoms with Crippen LogP contribution in [0.4, 0.5) is 5.69 Å². The molecule has 3 nitrogen and oxygen atoms in total. The van der Waals surface area contributed by atoms with E-state index in [1.165, 1.54) is 11.3 Å². The summed E-state index contributed by atoms with van der Waals surface area (Å²) in [4.78, 5) is 2.40. The second kappa shape index (κ2) is 7.09. The average Bonchev–Trinajstić information content (AvgIpc) is 2.46. The molecule has 1 aliphatic rings. The number of anilines is 1. The number of nitrogens with zero attached hydrogens (tertiary/aromatic N) is 1. The zero-order valence-corrected chi connectivity index (χ0v) is 13.1. The van der Waals surface area contributed by atoms with Gasteiger partial charge in [-0.15, -0.1) is 0 Å². The first kappa shape index (κ1) is 15.3. The Morgan fingerprint density at radius 2 is 2.05 bits per heavy atom. The van der Waals surface area contributed by atoms with Crippen LogP contribution in [0.25, 0.3) is 0 Å². The highest BCUT2D eigenvalue weighted by atomic mass is 16.5. The predicted octanol–water partition coefficient (Wildman–Crippen LogP) is 2.84. The second-order valence-electron chi connectivity index (χ2n) is 6.09. The standard InChI is InChI=1S/C17H28N2O/c1-4-18-13-17(8-10-20-11-9-17)14-19(3)16-7-5-6-15(2)12-16/h5-7,12,18H,4,8-11,13-14H2,1-3H3. The molecule has 3 heteroatoms. The summed E-state index contributed by atoms with van der Waals surface area (Å²) in [5.41, 5.74) is 2.97. The van der Waals surface area contributed by atoms with E-state index < -0.39 is 0 Å². The molecule has 112 valence electrons. The number of hydrogen-bond acceptors (Lipinski definition) is 3. The molecular formula is C17H28N2O. The molecular weight excluding hydrogens is 248 g/mol. The summed E-state index contributed by atoms with van der Waals surface area (Å²) < 4.78 is 5.56. The van der Waals surface area contributed by atoms with E-state index in [0.717, 1.165) is 45.7 Å². The smallest absolute Gasteiger partial charge is 0.0472 e. The summed E-state index contributed by atoms with van der Waals surface area (Å²) >= 11 is 0. The minimum Gasteiger partial charge on any atom is -0.381 e. The van der Waals surface area contributed by atoms with Crippen LogP contribution in [0.2, 0.25) is 0 Å². The molecule has 1 heterocycles. The van der Waals surface area contributed by atoms with E-state index in [2.05, 4.69) is 55.4 Å². The van der Waals surface area contributed by atoms with Gasteiger partial charge in [0.05, 0.1) is 0 Å². The highest BCUT2D eigenvalue weighted by Crippen LogP contribution is 2.32. The van der Waals surface area contributed by atoms with Gasteiger partial charge in [0.15, 0.2) is 0 Å². The first-order valence-corrected chi connectivity index (χ1v) is 7.71. The first-order valence-electron chi connectivity index (χ1n) is 7.71. The van der Waals surface area contributed by atoms with E-state index >= 15 is 0 Å². The normalized spacial score (nSPS) is 17.9. The summed E-state index contributed by atoms with van der Waals surface area (Å²) in [5.74, 6) is 0. The van der Waals surface area contributed by atoms with Crippen molar-refractivity contribution in [3.05, 3.63) is 29.8 Å². The summed E-state index contributed by atoms with van der Waals surface area (Å²) in [6.07, 6.45) is 2.30. The molecule has 1 aliphatic heterocycles. The van der Waals surface area contributed by atoms with Crippen molar-refractivity contribution in [2.45, 2.75) is 26.7 Å². The molecule has 20 heavy (non-hydrogen) atoms. The fourth-order valence-electron chi connectivity index (χ4n) is 3.05. The van der Waals surface area contributed by atoms with Gasteiger partial charge in [-0.3, -0.25) is 0 Å². The Labute approximate surface area is 123 Å². The lowest BCUT2D eigenvalue weighted by atomic mass is 9.79. The van der Waals surface area contributed by atoms with Gasteiger partial charge in [-0.05, 0) is 44.0 Å². The minimum atomic E-state index is 0.340. The van der Waals surface area contributed by atoms with Gasteiger partial charge in [0.25, 0.3) is 0 Å². The number of nitrogens with one attached hydrogen (secondary N) is 1. The maximum Gasteiger partial charge on any atom is 0.0472 e. The van der Waals surface area contributed by atoms with Crippen LogP contribution < -0.4 is 10.2 Å². The van der Waals surface area contributed by atoms with Gasteiger partial charge in [0.1, 0.15) is 0 Å². The highest BCUT2D eigenvalue weighted by Gasteiger charge is 2.33. The fourth-order valence-corrected chi connectivity index (χ4v) is 3.05. The van der Waals surface area contributed by atoms with Gasteiger partial charge >= 0.3 is 0 Å². The monoisotopic (exact) mass is 276 g/mol. The van der Waals surface area contributed by atoms with Crippen molar-refractivity contribution in [1.29, 1.82) is 0 Å². The van der Waals surface area contributed by atoms with E-state index in [1.807, 2.05) is 0 Å². The van der Waals surface area contributed by atoms with Crippen molar-refractivity contribution < 1.29 is 4.74 Å². The van der Waals surface area contributed by atoms with Crippen molar-refractivity contribution in [2.75, 3.05) is 44.8 Å². The van der Waals surface area contributed by atoms with Crippen molar-refractivity contribution in [3.63, 3.8) is 0 Å². The topological polar surface area (TPSA) is 24.5 Å². The van der Waals surface area contributed by atoms with Crippen LogP contribution in [0, 0.1) is 12.3 Å². The Bertz CT molecular complexity index is 413. The van der Waals surface area contributed by atoms with Gasteiger partial charge in [0, 0.05) is 44.5 Å². The van der Waals surface area contributed by atoms with Crippen LogP contribution in [0.15, 0.2) is 24.3 Å². The average molecular weight is 276 g/mol. The summed E-state index contributed by atoms with van der Waals surface area (Å²) in [6, 6.07) is 8.76. The Hall–Kier alpha value is -1.06. The van der Waals surface area contributed by atoms with E-state index in [-0.39, 0.29) is 0 Å². The molecule has 0 radical (unpaired) electrons. The van der Waals surface area contributed by atoms with Crippen LogP contribution in [-0.2, 0) is 4.74 Å². The second-order valence-corrected chi connectivity index (χ2v) is 6.09. The van der Waals surface area contributed by atoms with Crippen LogP contribution in [-0.4, -0.2) is 39.9 Å². The lowest BCUT2D eigenvalue weighted by Crippen LogP contribution is -2.46. The number of aryl methyl sites for hydroxylation is 1. The molecule has 0 aromatic heterocycles. The molecule has 1 fully saturated rings. The number of ether oxygens (including phenoxy) is 1. The summed E-state index contributed by atoms with van der Waals surface area (Å²) in [7, 11) is 2.21. The third-order valence-corrected chi connectivity index (χ3v) is 4.32. The quantitative estimate of drug-likeness (QED) is 0.864. The van der Waals surface area contributed by atoms with Gasteiger partial charge in [0.2, 0.25) is 0 Å². The van der Waals surface area contributed by atoms with Crippen LogP contribution in [0.5, 0.6) is 0 Å². The maximum atomic E-state index is 5.56. The molecule has 1 aromatic carbocycles. The molecule has 2 rings (SSSR count). The molecule has 0 atom stereocenters. The van der Waals surface area contributed by atoms with Crippen molar-refractivity contribution in [1.82, 2.24) is 5.32 Å². The largest absolute Gasteiger partial charge is 0.381 e. The Kier molecular flexibility index (Phi) is 5.44. The molecule has 0 bridgehead atoms. The van der Waals surface area contributed by atoms with Gasteiger partial charge in [-0.2, -0.15) is 0 Å². The zero-order valence-electron chi connectivity index (χ0n) is 13.1. The van der Waals surface area contributed by atoms with Crippen molar-refractivity contribution in [2.24, 2.45) is 5.41 Å². The molecule has 1 aromatic rings. The Balaban J connectivity index is 2.06. The molecule has 0 spiro atoms. The Morgan fingerprint density at radius 1 is 1.30 bits per heavy atom. The summed E-state index contributed by atoms with van der Waals surface area (Å²) in [5, 5.41) is 3.54. The number of rotatable bonds is 6. The summed E-state index contributed by atoms with van der Waals surface area (Å²) in [6.45, 7) is 9.34. The van der Waals surface area contributed by atoms with E-state index in [9.17, 15) is 0 Å². The highest BCUT2D eigenvalue weighted by molar-refractivity contribution is 5.47. The third kappa shape index (κ3) is 3.97. The van der Waals surface area contributed by atoms with E-state index in [4.69, 9.17) is 4.74 Å². The van der Waals surface area contributed by atoms with E-state index in [1.54, 1.807) is 0 Å². The van der Waals surface area contributed by atoms with Gasteiger partial charge in [-0.1, -0.05) is 19.1 Å². The van der Waals surface area contributed by atoms with E-state index in [0.29, 0.717) is 5.41 Å². The van der Waals surface area contributed by atoms with Gasteiger partial charge in [-0.25, -0.2) is 0 Å². The van der Waals surface area contributed by atoms with Crippen molar-refractivity contribution in [3.8, 4) is 0 Å². The molecule has 1 N–H and O–H groups in total. The first-order chi connectivity index (χ1) is 9.65. The Morgan fingerprint density at radius 3 is 2.70 bits per heavy atom. The van der Waals surface area contributed by atoms with Crippen molar-refractivity contribution >= 4 is 5.69 Å². The number of hydrogen-bond donors (Lipinski definition) is 1. The molecule has 0 aliphatic carbocycles. The third-order valence-electron chi connectivity index (χ3n) is 4.32. The zero-order chi connectivity index (χ0) is 14.4. The molecule has 0 amide bonds. The van der Waals surface area contributed by atoms with Crippen LogP contribution in [0.1, 0.15) is 25.3 Å². The maximum absolute atomic E-state index is 5.56. The van der Waals surface area contributed by atoms with Crippen LogP contribution in [0.3, 0.4) is 0 Å². The van der Waals surface area contributed by atoms with Gasteiger partial charge < -0.3 is 15.0 Å². The molecule has 1 saturated heterocycles. The molecule has 0 unspecified atom stereocenters. The minimum absolute atomic E-state index is 0.340. The SMILES string of the molecule is CCNCC1(CN(C)c2cccc(C)c2)CCOCC1. The predicted molar refractivity (Wildman–Crippen MR) is 85.5 cm³/mol. The fraction of sp³-hybridized carbons (Fsp3) is 0.647.